The van der Waals surface area contributed by atoms with Crippen LogP contribution in [0.3, 0.4) is 0 Å². The number of aryl methyl sites for hydroxylation is 1. The molecule has 1 atom stereocenters. The molecule has 4 aromatic rings. The van der Waals surface area contributed by atoms with Crippen LogP contribution in [0.25, 0.3) is 27.5 Å². The number of benzene rings is 3. The van der Waals surface area contributed by atoms with Crippen LogP contribution in [0.15, 0.2) is 54.6 Å². The van der Waals surface area contributed by atoms with Crippen molar-refractivity contribution in [2.24, 2.45) is 0 Å². The van der Waals surface area contributed by atoms with Gasteiger partial charge in [0.15, 0.2) is 6.29 Å². The summed E-state index contributed by atoms with van der Waals surface area (Å²) in [5.41, 5.74) is 7.87. The Bertz CT molecular complexity index is 1490. The zero-order valence-corrected chi connectivity index (χ0v) is 30.1. The summed E-state index contributed by atoms with van der Waals surface area (Å²) in [6.45, 7) is 16.9. The maximum absolute atomic E-state index is 6.68. The van der Waals surface area contributed by atoms with Gasteiger partial charge in [-0.2, -0.15) is 0 Å². The lowest BCUT2D eigenvalue weighted by molar-refractivity contribution is -0.105. The minimum atomic E-state index is -0.187. The fourth-order valence-corrected chi connectivity index (χ4v) is 6.97. The first kappa shape index (κ1) is 34.6. The van der Waals surface area contributed by atoms with Crippen LogP contribution in [0, 0.1) is 0 Å². The second-order valence-electron chi connectivity index (χ2n) is 15.9. The standard InChI is InChI=1S/C43H61NO2/c1-8-9-10-11-12-13-14-15-16-17-20-32-22-27-40(46-41-21-18-19-28-45-41)39(29-32)44-37-25-23-33(42(2,3)4)30-35(37)36-31-34(43(5,6)7)24-26-38(36)44/h22-27,29-31,41H,8-21,28H2,1-7H3. The van der Waals surface area contributed by atoms with Gasteiger partial charge in [-0.25, -0.2) is 0 Å². The number of unbranched alkanes of at least 4 members (excludes halogenated alkanes) is 9. The molecule has 3 heteroatoms. The molecule has 3 nitrogen and oxygen atoms in total. The lowest BCUT2D eigenvalue weighted by Gasteiger charge is -2.25. The number of nitrogens with zero attached hydrogens (tertiary/aromatic N) is 1. The Morgan fingerprint density at radius 3 is 1.76 bits per heavy atom. The molecule has 0 amide bonds. The van der Waals surface area contributed by atoms with Crippen molar-refractivity contribution in [3.05, 3.63) is 71.3 Å². The Balaban J connectivity index is 1.48. The average molecular weight is 624 g/mol. The molecule has 1 aliphatic rings. The van der Waals surface area contributed by atoms with Crippen molar-refractivity contribution in [3.63, 3.8) is 0 Å². The van der Waals surface area contributed by atoms with E-state index >= 15 is 0 Å². The van der Waals surface area contributed by atoms with Gasteiger partial charge in [-0.15, -0.1) is 0 Å². The summed E-state index contributed by atoms with van der Waals surface area (Å²) < 4.78 is 15.2. The highest BCUT2D eigenvalue weighted by Crippen LogP contribution is 2.40. The molecule has 1 aliphatic heterocycles. The molecule has 1 saturated heterocycles. The van der Waals surface area contributed by atoms with Crippen molar-refractivity contribution in [2.45, 2.75) is 155 Å². The van der Waals surface area contributed by atoms with Crippen LogP contribution in [0.1, 0.15) is 149 Å². The summed E-state index contributed by atoms with van der Waals surface area (Å²) in [5.74, 6) is 0.914. The molecule has 5 rings (SSSR count). The van der Waals surface area contributed by atoms with E-state index in [1.807, 2.05) is 0 Å². The first-order chi connectivity index (χ1) is 22.1. The fourth-order valence-electron chi connectivity index (χ4n) is 6.97. The molecule has 0 radical (unpaired) electrons. The van der Waals surface area contributed by atoms with Crippen LogP contribution in [0.2, 0.25) is 0 Å². The Hall–Kier alpha value is -2.78. The monoisotopic (exact) mass is 623 g/mol. The van der Waals surface area contributed by atoms with Crippen LogP contribution in [0.4, 0.5) is 0 Å². The largest absolute Gasteiger partial charge is 0.463 e. The van der Waals surface area contributed by atoms with Gasteiger partial charge in [0.05, 0.1) is 23.3 Å². The molecule has 0 bridgehead atoms. The van der Waals surface area contributed by atoms with E-state index in [-0.39, 0.29) is 17.1 Å². The van der Waals surface area contributed by atoms with Gasteiger partial charge in [-0.3, -0.25) is 0 Å². The molecule has 0 saturated carbocycles. The molecule has 1 fully saturated rings. The summed E-state index contributed by atoms with van der Waals surface area (Å²) in [5, 5.41) is 2.63. The Kier molecular flexibility index (Phi) is 11.6. The van der Waals surface area contributed by atoms with Gasteiger partial charge in [0.25, 0.3) is 0 Å². The van der Waals surface area contributed by atoms with E-state index in [0.717, 1.165) is 43.7 Å². The number of ether oxygens (including phenoxy) is 2. The second kappa shape index (κ2) is 15.4. The van der Waals surface area contributed by atoms with Crippen molar-refractivity contribution >= 4 is 21.8 Å². The molecule has 0 N–H and O–H groups in total. The molecule has 0 aliphatic carbocycles. The second-order valence-corrected chi connectivity index (χ2v) is 15.9. The van der Waals surface area contributed by atoms with Gasteiger partial charge in [-0.1, -0.05) is 124 Å². The SMILES string of the molecule is CCCCCCCCCCCCc1ccc(OC2CCCCO2)c(-n2c3ccc(C(C)(C)C)cc3c3cc(C(C)(C)C)ccc32)c1. The normalized spacial score (nSPS) is 16.0. The Morgan fingerprint density at radius 2 is 1.24 bits per heavy atom. The van der Waals surface area contributed by atoms with E-state index < -0.39 is 0 Å². The molecule has 250 valence electrons. The summed E-state index contributed by atoms with van der Waals surface area (Å²) in [6.07, 6.45) is 17.7. The highest BCUT2D eigenvalue weighted by Gasteiger charge is 2.24. The Morgan fingerprint density at radius 1 is 0.674 bits per heavy atom. The highest BCUT2D eigenvalue weighted by atomic mass is 16.7. The molecular weight excluding hydrogens is 562 g/mol. The van der Waals surface area contributed by atoms with E-state index in [1.165, 1.54) is 103 Å². The smallest absolute Gasteiger partial charge is 0.199 e. The van der Waals surface area contributed by atoms with Gasteiger partial charge in [0.1, 0.15) is 5.75 Å². The minimum absolute atomic E-state index is 0.0752. The molecule has 1 unspecified atom stereocenters. The molecule has 2 heterocycles. The first-order valence-electron chi connectivity index (χ1n) is 18.6. The van der Waals surface area contributed by atoms with E-state index in [4.69, 9.17) is 9.47 Å². The number of rotatable bonds is 14. The predicted molar refractivity (Wildman–Crippen MR) is 198 cm³/mol. The molecular formula is C43H61NO2. The van der Waals surface area contributed by atoms with E-state index in [1.54, 1.807) is 0 Å². The van der Waals surface area contributed by atoms with Gasteiger partial charge in [-0.05, 0) is 89.6 Å². The van der Waals surface area contributed by atoms with Crippen molar-refractivity contribution < 1.29 is 9.47 Å². The lowest BCUT2D eigenvalue weighted by atomic mass is 9.85. The molecule has 3 aromatic carbocycles. The van der Waals surface area contributed by atoms with Crippen LogP contribution in [-0.4, -0.2) is 17.5 Å². The third kappa shape index (κ3) is 8.57. The predicted octanol–water partition coefficient (Wildman–Crippen LogP) is 12.7. The zero-order valence-electron chi connectivity index (χ0n) is 30.1. The molecule has 1 aromatic heterocycles. The average Bonchev–Trinajstić information content (AvgIpc) is 3.35. The summed E-state index contributed by atoms with van der Waals surface area (Å²) in [6, 6.07) is 21.1. The van der Waals surface area contributed by atoms with Crippen LogP contribution in [-0.2, 0) is 22.0 Å². The summed E-state index contributed by atoms with van der Waals surface area (Å²) >= 11 is 0. The van der Waals surface area contributed by atoms with Crippen molar-refractivity contribution in [1.29, 1.82) is 0 Å². The van der Waals surface area contributed by atoms with E-state index in [0.29, 0.717) is 0 Å². The van der Waals surface area contributed by atoms with Crippen LogP contribution in [0.5, 0.6) is 5.75 Å². The number of fused-ring (bicyclic) bond motifs is 3. The summed E-state index contributed by atoms with van der Waals surface area (Å²) in [7, 11) is 0. The van der Waals surface area contributed by atoms with Crippen molar-refractivity contribution in [1.82, 2.24) is 4.57 Å². The topological polar surface area (TPSA) is 23.4 Å². The van der Waals surface area contributed by atoms with Gasteiger partial charge in [0, 0.05) is 17.2 Å². The zero-order chi connectivity index (χ0) is 32.7. The van der Waals surface area contributed by atoms with Crippen molar-refractivity contribution in [3.8, 4) is 11.4 Å². The Labute approximate surface area is 280 Å². The van der Waals surface area contributed by atoms with Crippen LogP contribution >= 0.6 is 0 Å². The number of hydrogen-bond acceptors (Lipinski definition) is 2. The van der Waals surface area contributed by atoms with Gasteiger partial charge >= 0.3 is 0 Å². The van der Waals surface area contributed by atoms with Gasteiger partial charge < -0.3 is 14.0 Å². The number of aromatic nitrogens is 1. The molecule has 46 heavy (non-hydrogen) atoms. The highest BCUT2D eigenvalue weighted by molar-refractivity contribution is 6.10. The van der Waals surface area contributed by atoms with E-state index in [2.05, 4.69) is 108 Å². The maximum Gasteiger partial charge on any atom is 0.199 e. The van der Waals surface area contributed by atoms with E-state index in [9.17, 15) is 0 Å². The third-order valence-corrected chi connectivity index (χ3v) is 9.98. The quantitative estimate of drug-likeness (QED) is 0.130. The maximum atomic E-state index is 6.68. The van der Waals surface area contributed by atoms with Gasteiger partial charge in [0.2, 0.25) is 0 Å². The first-order valence-corrected chi connectivity index (χ1v) is 18.6. The minimum Gasteiger partial charge on any atom is -0.463 e. The lowest BCUT2D eigenvalue weighted by Crippen LogP contribution is -2.25. The third-order valence-electron chi connectivity index (χ3n) is 9.98. The number of hydrogen-bond donors (Lipinski definition) is 0. The van der Waals surface area contributed by atoms with Crippen LogP contribution < -0.4 is 4.74 Å². The fraction of sp³-hybridized carbons (Fsp3) is 0.581. The summed E-state index contributed by atoms with van der Waals surface area (Å²) in [4.78, 5) is 0. The molecule has 0 spiro atoms. The van der Waals surface area contributed by atoms with Crippen molar-refractivity contribution in [2.75, 3.05) is 6.61 Å².